The molecule has 0 radical (unpaired) electrons. The number of anilines is 1. The van der Waals surface area contributed by atoms with Gasteiger partial charge in [-0.2, -0.15) is 0 Å². The normalized spacial score (nSPS) is 16.4. The molecule has 0 bridgehead atoms. The first-order valence-electron chi connectivity index (χ1n) is 7.52. The first-order chi connectivity index (χ1) is 9.72. The Kier molecular flexibility index (Phi) is 5.80. The smallest absolute Gasteiger partial charge is 0.123 e. The van der Waals surface area contributed by atoms with Gasteiger partial charge in [-0.05, 0) is 49.6 Å². The Balaban J connectivity index is 2.11. The van der Waals surface area contributed by atoms with Gasteiger partial charge in [0.25, 0.3) is 0 Å². The van der Waals surface area contributed by atoms with Crippen molar-refractivity contribution < 1.29 is 9.13 Å². The molecule has 0 aromatic heterocycles. The molecule has 1 fully saturated rings. The van der Waals surface area contributed by atoms with Gasteiger partial charge in [0.15, 0.2) is 0 Å². The minimum absolute atomic E-state index is 0.164. The highest BCUT2D eigenvalue weighted by molar-refractivity contribution is 5.54. The first-order valence-corrected chi connectivity index (χ1v) is 7.52. The van der Waals surface area contributed by atoms with Crippen molar-refractivity contribution in [2.24, 2.45) is 0 Å². The van der Waals surface area contributed by atoms with E-state index in [1.54, 1.807) is 12.1 Å². The molecule has 3 nitrogen and oxygen atoms in total. The third-order valence-electron chi connectivity index (χ3n) is 3.90. The Morgan fingerprint density at radius 3 is 2.80 bits per heavy atom. The monoisotopic (exact) mass is 280 g/mol. The van der Waals surface area contributed by atoms with E-state index in [0.29, 0.717) is 12.6 Å². The molecular weight excluding hydrogens is 255 g/mol. The van der Waals surface area contributed by atoms with Gasteiger partial charge in [0.2, 0.25) is 0 Å². The van der Waals surface area contributed by atoms with E-state index < -0.39 is 0 Å². The second kappa shape index (κ2) is 7.60. The maximum atomic E-state index is 13.5. The van der Waals surface area contributed by atoms with E-state index in [4.69, 9.17) is 4.74 Å². The second-order valence-corrected chi connectivity index (χ2v) is 5.40. The zero-order valence-electron chi connectivity index (χ0n) is 12.5. The Morgan fingerprint density at radius 1 is 1.35 bits per heavy atom. The molecule has 4 heteroatoms. The Morgan fingerprint density at radius 2 is 2.10 bits per heavy atom. The van der Waals surface area contributed by atoms with Crippen molar-refractivity contribution in [3.8, 4) is 0 Å². The summed E-state index contributed by atoms with van der Waals surface area (Å²) in [6.07, 6.45) is 3.16. The lowest BCUT2D eigenvalue weighted by Crippen LogP contribution is -2.37. The van der Waals surface area contributed by atoms with Crippen LogP contribution in [0.1, 0.15) is 31.7 Å². The lowest BCUT2D eigenvalue weighted by molar-refractivity contribution is 0.0854. The zero-order valence-corrected chi connectivity index (χ0v) is 12.5. The predicted octanol–water partition coefficient (Wildman–Crippen LogP) is 2.94. The van der Waals surface area contributed by atoms with E-state index in [1.165, 1.54) is 0 Å². The molecule has 0 aliphatic carbocycles. The molecule has 0 amide bonds. The Bertz CT molecular complexity index is 419. The second-order valence-electron chi connectivity index (χ2n) is 5.40. The summed E-state index contributed by atoms with van der Waals surface area (Å²) < 4.78 is 18.9. The molecule has 1 aromatic carbocycles. The molecule has 0 atom stereocenters. The quantitative estimate of drug-likeness (QED) is 0.811. The highest BCUT2D eigenvalue weighted by Gasteiger charge is 2.20. The molecule has 1 heterocycles. The van der Waals surface area contributed by atoms with Crippen LogP contribution >= 0.6 is 0 Å². The van der Waals surface area contributed by atoms with E-state index >= 15 is 0 Å². The van der Waals surface area contributed by atoms with Gasteiger partial charge >= 0.3 is 0 Å². The minimum atomic E-state index is -0.164. The van der Waals surface area contributed by atoms with Crippen LogP contribution in [0.15, 0.2) is 18.2 Å². The van der Waals surface area contributed by atoms with Crippen molar-refractivity contribution in [3.05, 3.63) is 29.6 Å². The van der Waals surface area contributed by atoms with Crippen LogP contribution in [-0.4, -0.2) is 32.8 Å². The molecule has 0 unspecified atom stereocenters. The molecule has 1 aliphatic rings. The van der Waals surface area contributed by atoms with Crippen molar-refractivity contribution in [3.63, 3.8) is 0 Å². The molecule has 1 aromatic rings. The van der Waals surface area contributed by atoms with E-state index in [2.05, 4.69) is 24.2 Å². The SMILES string of the molecule is CCCNCc1cc(F)ccc1N(C)C1CCOCC1. The van der Waals surface area contributed by atoms with Gasteiger partial charge in [-0.25, -0.2) is 4.39 Å². The van der Waals surface area contributed by atoms with Crippen molar-refractivity contribution >= 4 is 5.69 Å². The first kappa shape index (κ1) is 15.3. The van der Waals surface area contributed by atoms with Crippen LogP contribution < -0.4 is 10.2 Å². The minimum Gasteiger partial charge on any atom is -0.381 e. The average molecular weight is 280 g/mol. The number of rotatable bonds is 6. The molecule has 1 aliphatic heterocycles. The third kappa shape index (κ3) is 3.93. The van der Waals surface area contributed by atoms with Crippen LogP contribution in [0, 0.1) is 5.82 Å². The molecule has 112 valence electrons. The summed E-state index contributed by atoms with van der Waals surface area (Å²) in [5, 5.41) is 3.36. The highest BCUT2D eigenvalue weighted by Crippen LogP contribution is 2.25. The van der Waals surface area contributed by atoms with Gasteiger partial charge < -0.3 is 15.0 Å². The van der Waals surface area contributed by atoms with E-state index in [-0.39, 0.29) is 5.82 Å². The van der Waals surface area contributed by atoms with Gasteiger partial charge in [-0.1, -0.05) is 6.92 Å². The number of benzene rings is 1. The summed E-state index contributed by atoms with van der Waals surface area (Å²) >= 11 is 0. The lowest BCUT2D eigenvalue weighted by atomic mass is 10.0. The zero-order chi connectivity index (χ0) is 14.4. The summed E-state index contributed by atoms with van der Waals surface area (Å²) in [4.78, 5) is 2.28. The summed E-state index contributed by atoms with van der Waals surface area (Å²) in [7, 11) is 2.10. The molecule has 0 saturated carbocycles. The van der Waals surface area contributed by atoms with E-state index in [1.807, 2.05) is 6.07 Å². The maximum absolute atomic E-state index is 13.5. The van der Waals surface area contributed by atoms with Gasteiger partial charge in [0.1, 0.15) is 5.82 Å². The van der Waals surface area contributed by atoms with Crippen LogP contribution in [0.2, 0.25) is 0 Å². The molecule has 20 heavy (non-hydrogen) atoms. The lowest BCUT2D eigenvalue weighted by Gasteiger charge is -2.34. The summed E-state index contributed by atoms with van der Waals surface area (Å²) in [5.74, 6) is -0.164. The average Bonchev–Trinajstić information content (AvgIpc) is 2.48. The number of hydrogen-bond acceptors (Lipinski definition) is 3. The highest BCUT2D eigenvalue weighted by atomic mass is 19.1. The fraction of sp³-hybridized carbons (Fsp3) is 0.625. The molecule has 0 spiro atoms. The van der Waals surface area contributed by atoms with Gasteiger partial charge in [-0.3, -0.25) is 0 Å². The van der Waals surface area contributed by atoms with Gasteiger partial charge in [0.05, 0.1) is 0 Å². The van der Waals surface area contributed by atoms with Gasteiger partial charge in [-0.15, -0.1) is 0 Å². The molecule has 2 rings (SSSR count). The number of halogens is 1. The standard InChI is InChI=1S/C16H25FN2O/c1-3-8-18-12-13-11-14(17)4-5-16(13)19(2)15-6-9-20-10-7-15/h4-5,11,15,18H,3,6-10,12H2,1-2H3. The number of ether oxygens (including phenoxy) is 1. The number of nitrogens with one attached hydrogen (secondary N) is 1. The van der Waals surface area contributed by atoms with Gasteiger partial charge in [0, 0.05) is 38.5 Å². The summed E-state index contributed by atoms with van der Waals surface area (Å²) in [6.45, 7) is 5.44. The fourth-order valence-corrected chi connectivity index (χ4v) is 2.71. The maximum Gasteiger partial charge on any atom is 0.123 e. The fourth-order valence-electron chi connectivity index (χ4n) is 2.71. The van der Waals surface area contributed by atoms with Crippen LogP contribution in [0.5, 0.6) is 0 Å². The number of hydrogen-bond donors (Lipinski definition) is 1. The van der Waals surface area contributed by atoms with Crippen LogP contribution in [0.25, 0.3) is 0 Å². The molecular formula is C16H25FN2O. The van der Waals surface area contributed by atoms with Crippen LogP contribution in [0.3, 0.4) is 0 Å². The van der Waals surface area contributed by atoms with Crippen molar-refractivity contribution in [1.82, 2.24) is 5.32 Å². The van der Waals surface area contributed by atoms with Crippen molar-refractivity contribution in [1.29, 1.82) is 0 Å². The summed E-state index contributed by atoms with van der Waals surface area (Å²) in [5.41, 5.74) is 2.16. The van der Waals surface area contributed by atoms with E-state index in [9.17, 15) is 4.39 Å². The molecule has 1 saturated heterocycles. The largest absolute Gasteiger partial charge is 0.381 e. The number of nitrogens with zero attached hydrogens (tertiary/aromatic N) is 1. The van der Waals surface area contributed by atoms with E-state index in [0.717, 1.165) is 50.3 Å². The Hall–Kier alpha value is -1.13. The van der Waals surface area contributed by atoms with Crippen molar-refractivity contribution in [2.45, 2.75) is 38.8 Å². The molecule has 1 N–H and O–H groups in total. The third-order valence-corrected chi connectivity index (χ3v) is 3.90. The van der Waals surface area contributed by atoms with Crippen LogP contribution in [-0.2, 0) is 11.3 Å². The predicted molar refractivity (Wildman–Crippen MR) is 80.6 cm³/mol. The Labute approximate surface area is 121 Å². The topological polar surface area (TPSA) is 24.5 Å². The summed E-state index contributed by atoms with van der Waals surface area (Å²) in [6, 6.07) is 5.58. The van der Waals surface area contributed by atoms with Crippen LogP contribution in [0.4, 0.5) is 10.1 Å². The van der Waals surface area contributed by atoms with Crippen molar-refractivity contribution in [2.75, 3.05) is 31.7 Å².